The van der Waals surface area contributed by atoms with Gasteiger partial charge < -0.3 is 14.2 Å². The number of ether oxygens (including phenoxy) is 3. The van der Waals surface area contributed by atoms with E-state index in [0.29, 0.717) is 18.0 Å². The van der Waals surface area contributed by atoms with E-state index >= 15 is 0 Å². The highest BCUT2D eigenvalue weighted by atomic mass is 19.1. The minimum absolute atomic E-state index is 0.221. The molecule has 0 N–H and O–H groups in total. The zero-order valence-corrected chi connectivity index (χ0v) is 15.1. The minimum Gasteiger partial charge on any atom is -0.454 e. The van der Waals surface area contributed by atoms with E-state index in [1.165, 1.54) is 12.1 Å². The number of benzene rings is 2. The third kappa shape index (κ3) is 2.68. The topological polar surface area (TPSA) is 57.9 Å². The second-order valence-electron chi connectivity index (χ2n) is 6.40. The van der Waals surface area contributed by atoms with Crippen LogP contribution < -0.4 is 9.47 Å². The summed E-state index contributed by atoms with van der Waals surface area (Å²) in [6, 6.07) is 14.0. The first-order valence-corrected chi connectivity index (χ1v) is 8.76. The van der Waals surface area contributed by atoms with Gasteiger partial charge in [0.2, 0.25) is 6.79 Å². The van der Waals surface area contributed by atoms with Crippen molar-refractivity contribution < 1.29 is 18.6 Å². The highest BCUT2D eigenvalue weighted by molar-refractivity contribution is 5.81. The first kappa shape index (κ1) is 16.7. The van der Waals surface area contributed by atoms with Crippen LogP contribution in [0.4, 0.5) is 4.39 Å². The van der Waals surface area contributed by atoms with Crippen molar-refractivity contribution in [1.82, 2.24) is 14.6 Å². The number of aromatic nitrogens is 3. The largest absolute Gasteiger partial charge is 0.454 e. The Labute approximate surface area is 160 Å². The number of rotatable bonds is 4. The molecule has 4 aromatic rings. The summed E-state index contributed by atoms with van der Waals surface area (Å²) < 4.78 is 31.4. The normalized spacial score (nSPS) is 12.6. The van der Waals surface area contributed by atoms with Gasteiger partial charge in [0.15, 0.2) is 17.1 Å². The van der Waals surface area contributed by atoms with Crippen molar-refractivity contribution in [2.45, 2.75) is 6.61 Å². The molecule has 0 fully saturated rings. The lowest BCUT2D eigenvalue weighted by atomic mass is 10.1. The van der Waals surface area contributed by atoms with Crippen LogP contribution in [0.1, 0.15) is 5.69 Å². The van der Waals surface area contributed by atoms with Gasteiger partial charge in [0.05, 0.1) is 23.6 Å². The van der Waals surface area contributed by atoms with E-state index in [1.807, 2.05) is 24.3 Å². The first-order chi connectivity index (χ1) is 13.7. The predicted molar refractivity (Wildman–Crippen MR) is 101 cm³/mol. The SMILES string of the molecule is COCc1nn2c(-c3ccc4c(c3)OCO4)ccnc2c1-c1ccc(F)cc1. The molecule has 5 rings (SSSR count). The van der Waals surface area contributed by atoms with Crippen LogP contribution in [0.25, 0.3) is 28.0 Å². The second-order valence-corrected chi connectivity index (χ2v) is 6.40. The molecule has 3 heterocycles. The van der Waals surface area contributed by atoms with Crippen LogP contribution in [-0.2, 0) is 11.3 Å². The molecule has 28 heavy (non-hydrogen) atoms. The van der Waals surface area contributed by atoms with E-state index < -0.39 is 0 Å². The molecule has 0 bridgehead atoms. The van der Waals surface area contributed by atoms with Crippen molar-refractivity contribution in [3.05, 3.63) is 66.2 Å². The summed E-state index contributed by atoms with van der Waals surface area (Å²) in [5, 5.41) is 4.73. The molecule has 6 nitrogen and oxygen atoms in total. The molecule has 1 aliphatic rings. The molecule has 140 valence electrons. The van der Waals surface area contributed by atoms with Crippen molar-refractivity contribution in [1.29, 1.82) is 0 Å². The van der Waals surface area contributed by atoms with E-state index in [-0.39, 0.29) is 12.6 Å². The Morgan fingerprint density at radius 2 is 1.82 bits per heavy atom. The number of halogens is 1. The Hall–Kier alpha value is -3.45. The van der Waals surface area contributed by atoms with Crippen LogP contribution in [0, 0.1) is 5.82 Å². The van der Waals surface area contributed by atoms with Crippen molar-refractivity contribution >= 4 is 5.65 Å². The molecular weight excluding hydrogens is 361 g/mol. The van der Waals surface area contributed by atoms with Crippen LogP contribution in [0.5, 0.6) is 11.5 Å². The predicted octanol–water partition coefficient (Wildman–Crippen LogP) is 4.08. The quantitative estimate of drug-likeness (QED) is 0.536. The molecular formula is C21H16FN3O3. The van der Waals surface area contributed by atoms with Crippen LogP contribution in [0.15, 0.2) is 54.7 Å². The van der Waals surface area contributed by atoms with Crippen LogP contribution in [-0.4, -0.2) is 28.5 Å². The highest BCUT2D eigenvalue weighted by Crippen LogP contribution is 2.37. The van der Waals surface area contributed by atoms with E-state index in [4.69, 9.17) is 19.3 Å². The molecule has 0 amide bonds. The van der Waals surface area contributed by atoms with Gasteiger partial charge in [-0.3, -0.25) is 0 Å². The van der Waals surface area contributed by atoms with Gasteiger partial charge in [0, 0.05) is 18.9 Å². The Morgan fingerprint density at radius 1 is 1.04 bits per heavy atom. The lowest BCUT2D eigenvalue weighted by molar-refractivity contribution is 0.174. The number of fused-ring (bicyclic) bond motifs is 2. The number of nitrogens with zero attached hydrogens (tertiary/aromatic N) is 3. The van der Waals surface area contributed by atoms with Crippen molar-refractivity contribution in [2.24, 2.45) is 0 Å². The van der Waals surface area contributed by atoms with Gasteiger partial charge in [0.25, 0.3) is 0 Å². The summed E-state index contributed by atoms with van der Waals surface area (Å²) >= 11 is 0. The third-order valence-corrected chi connectivity index (χ3v) is 4.67. The van der Waals surface area contributed by atoms with E-state index in [9.17, 15) is 4.39 Å². The van der Waals surface area contributed by atoms with Crippen molar-refractivity contribution in [2.75, 3.05) is 13.9 Å². The Morgan fingerprint density at radius 3 is 2.64 bits per heavy atom. The van der Waals surface area contributed by atoms with Crippen molar-refractivity contribution in [3.8, 4) is 33.9 Å². The first-order valence-electron chi connectivity index (χ1n) is 8.76. The summed E-state index contributed by atoms with van der Waals surface area (Å²) in [6.45, 7) is 0.537. The van der Waals surface area contributed by atoms with Gasteiger partial charge in [-0.25, -0.2) is 13.9 Å². The number of hydrogen-bond donors (Lipinski definition) is 0. The maximum absolute atomic E-state index is 13.4. The van der Waals surface area contributed by atoms with Gasteiger partial charge in [-0.15, -0.1) is 0 Å². The summed E-state index contributed by atoms with van der Waals surface area (Å²) in [7, 11) is 1.62. The van der Waals surface area contributed by atoms with Gasteiger partial charge in [-0.05, 0) is 42.0 Å². The Balaban J connectivity index is 1.72. The van der Waals surface area contributed by atoms with Crippen LogP contribution in [0.2, 0.25) is 0 Å². The number of hydrogen-bond acceptors (Lipinski definition) is 5. The molecule has 1 aliphatic heterocycles. The maximum atomic E-state index is 13.4. The van der Waals surface area contributed by atoms with E-state index in [0.717, 1.165) is 33.8 Å². The molecule has 2 aromatic carbocycles. The standard InChI is InChI=1S/C21H16FN3O3/c1-26-11-16-20(13-2-5-15(22)6-3-13)21-23-9-8-17(25(21)24-16)14-4-7-18-19(10-14)28-12-27-18/h2-10H,11-12H2,1H3. The van der Waals surface area contributed by atoms with Gasteiger partial charge in [0.1, 0.15) is 5.82 Å². The van der Waals surface area contributed by atoms with E-state index in [1.54, 1.807) is 30.0 Å². The third-order valence-electron chi connectivity index (χ3n) is 4.67. The van der Waals surface area contributed by atoms with Crippen LogP contribution >= 0.6 is 0 Å². The Kier molecular flexibility index (Phi) is 3.95. The summed E-state index contributed by atoms with van der Waals surface area (Å²) in [5.41, 5.74) is 4.84. The fourth-order valence-electron chi connectivity index (χ4n) is 3.41. The number of methoxy groups -OCH3 is 1. The average molecular weight is 377 g/mol. The summed E-state index contributed by atoms with van der Waals surface area (Å²) in [5.74, 6) is 1.13. The monoisotopic (exact) mass is 377 g/mol. The lowest BCUT2D eigenvalue weighted by Crippen LogP contribution is -1.96. The molecule has 7 heteroatoms. The molecule has 0 spiro atoms. The zero-order valence-electron chi connectivity index (χ0n) is 15.1. The minimum atomic E-state index is -0.289. The fraction of sp³-hybridized carbons (Fsp3) is 0.143. The average Bonchev–Trinajstić information content (AvgIpc) is 3.32. The molecule has 0 unspecified atom stereocenters. The smallest absolute Gasteiger partial charge is 0.231 e. The van der Waals surface area contributed by atoms with Gasteiger partial charge in [-0.1, -0.05) is 12.1 Å². The van der Waals surface area contributed by atoms with Crippen LogP contribution in [0.3, 0.4) is 0 Å². The summed E-state index contributed by atoms with van der Waals surface area (Å²) in [4.78, 5) is 4.54. The highest BCUT2D eigenvalue weighted by Gasteiger charge is 2.20. The maximum Gasteiger partial charge on any atom is 0.231 e. The van der Waals surface area contributed by atoms with E-state index in [2.05, 4.69) is 4.98 Å². The molecule has 0 saturated heterocycles. The molecule has 0 aliphatic carbocycles. The zero-order chi connectivity index (χ0) is 19.1. The second kappa shape index (κ2) is 6.61. The molecule has 0 saturated carbocycles. The molecule has 0 atom stereocenters. The van der Waals surface area contributed by atoms with Crippen molar-refractivity contribution in [3.63, 3.8) is 0 Å². The summed E-state index contributed by atoms with van der Waals surface area (Å²) in [6.07, 6.45) is 1.74. The van der Waals surface area contributed by atoms with Gasteiger partial charge in [-0.2, -0.15) is 5.10 Å². The molecule has 0 radical (unpaired) electrons. The Bertz CT molecular complexity index is 1170. The lowest BCUT2D eigenvalue weighted by Gasteiger charge is -2.06. The van der Waals surface area contributed by atoms with Gasteiger partial charge >= 0.3 is 0 Å². The molecule has 2 aromatic heterocycles. The fourth-order valence-corrected chi connectivity index (χ4v) is 3.41.